The topological polar surface area (TPSA) is 75.4 Å². The molecular weight excluding hydrogens is 352 g/mol. The highest BCUT2D eigenvalue weighted by molar-refractivity contribution is 6.16. The number of carbonyl (C=O) groups is 1. The fraction of sp³-hybridized carbons (Fsp3) is 0.238. The standard InChI is InChI=1S/C21H20N6O/c28-21(23-13-15-6-5-8-22-12-15)17-16-7-1-2-11-27(16)20-18(17)19(24-14-25-20)26-9-3-4-10-26/h1-2,5-8,11-12,14H,3-4,9-10,13H2,(H,23,28). The highest BCUT2D eigenvalue weighted by Crippen LogP contribution is 2.33. The average molecular weight is 372 g/mol. The van der Waals surface area contributed by atoms with Gasteiger partial charge in [0.1, 0.15) is 12.1 Å². The van der Waals surface area contributed by atoms with Gasteiger partial charge in [0.15, 0.2) is 5.65 Å². The van der Waals surface area contributed by atoms with Crippen LogP contribution in [0.2, 0.25) is 0 Å². The van der Waals surface area contributed by atoms with E-state index in [4.69, 9.17) is 0 Å². The molecule has 5 rings (SSSR count). The third kappa shape index (κ3) is 2.76. The molecule has 1 amide bonds. The van der Waals surface area contributed by atoms with Crippen molar-refractivity contribution in [3.8, 4) is 0 Å². The molecule has 5 heterocycles. The molecule has 7 heteroatoms. The van der Waals surface area contributed by atoms with Crippen molar-refractivity contribution < 1.29 is 4.79 Å². The van der Waals surface area contributed by atoms with E-state index in [-0.39, 0.29) is 5.91 Å². The molecule has 7 nitrogen and oxygen atoms in total. The highest BCUT2D eigenvalue weighted by Gasteiger charge is 2.25. The van der Waals surface area contributed by atoms with Gasteiger partial charge in [-0.05, 0) is 36.6 Å². The number of nitrogens with one attached hydrogen (secondary N) is 1. The van der Waals surface area contributed by atoms with E-state index < -0.39 is 0 Å². The van der Waals surface area contributed by atoms with Gasteiger partial charge >= 0.3 is 0 Å². The Morgan fingerprint density at radius 1 is 1.11 bits per heavy atom. The second kappa shape index (κ2) is 6.92. The zero-order valence-corrected chi connectivity index (χ0v) is 15.4. The summed E-state index contributed by atoms with van der Waals surface area (Å²) in [6, 6.07) is 9.65. The Bertz CT molecular complexity index is 1150. The fourth-order valence-electron chi connectivity index (χ4n) is 3.91. The van der Waals surface area contributed by atoms with Crippen LogP contribution in [0.25, 0.3) is 16.6 Å². The van der Waals surface area contributed by atoms with Crippen LogP contribution in [0.15, 0.2) is 55.2 Å². The van der Waals surface area contributed by atoms with Crippen LogP contribution >= 0.6 is 0 Å². The van der Waals surface area contributed by atoms with Crippen molar-refractivity contribution in [2.45, 2.75) is 19.4 Å². The van der Waals surface area contributed by atoms with Crippen LogP contribution in [0.1, 0.15) is 28.8 Å². The number of fused-ring (bicyclic) bond motifs is 3. The quantitative estimate of drug-likeness (QED) is 0.596. The Hall–Kier alpha value is -3.48. The van der Waals surface area contributed by atoms with Crippen LogP contribution in [0.5, 0.6) is 0 Å². The average Bonchev–Trinajstić information content (AvgIpc) is 3.39. The Morgan fingerprint density at radius 2 is 2.00 bits per heavy atom. The predicted molar refractivity (Wildman–Crippen MR) is 107 cm³/mol. The molecule has 1 N–H and O–H groups in total. The largest absolute Gasteiger partial charge is 0.356 e. The molecule has 0 bridgehead atoms. The SMILES string of the molecule is O=C(NCc1cccnc1)c1c2c(N3CCCC3)ncnc2n2ccccc12. The fourth-order valence-corrected chi connectivity index (χ4v) is 3.91. The van der Waals surface area contributed by atoms with Gasteiger partial charge in [-0.25, -0.2) is 9.97 Å². The van der Waals surface area contributed by atoms with Gasteiger partial charge < -0.3 is 14.6 Å². The molecule has 0 spiro atoms. The maximum Gasteiger partial charge on any atom is 0.254 e. The number of nitrogens with zero attached hydrogens (tertiary/aromatic N) is 5. The van der Waals surface area contributed by atoms with Gasteiger partial charge in [-0.3, -0.25) is 9.78 Å². The number of amides is 1. The lowest BCUT2D eigenvalue weighted by Crippen LogP contribution is -2.24. The predicted octanol–water partition coefficient (Wildman–Crippen LogP) is 2.81. The van der Waals surface area contributed by atoms with Crippen LogP contribution in [0, 0.1) is 0 Å². The highest BCUT2D eigenvalue weighted by atomic mass is 16.1. The molecule has 0 aliphatic carbocycles. The summed E-state index contributed by atoms with van der Waals surface area (Å²) in [6.45, 7) is 2.33. The van der Waals surface area contributed by atoms with Crippen molar-refractivity contribution in [2.75, 3.05) is 18.0 Å². The number of aromatic nitrogens is 4. The molecule has 1 aliphatic heterocycles. The van der Waals surface area contributed by atoms with Crippen molar-refractivity contribution >= 4 is 28.3 Å². The van der Waals surface area contributed by atoms with E-state index in [2.05, 4.69) is 25.2 Å². The van der Waals surface area contributed by atoms with E-state index in [0.29, 0.717) is 12.1 Å². The molecule has 0 saturated carbocycles. The molecule has 4 aromatic heterocycles. The molecule has 1 aliphatic rings. The molecule has 28 heavy (non-hydrogen) atoms. The minimum atomic E-state index is -0.127. The minimum absolute atomic E-state index is 0.127. The molecule has 1 saturated heterocycles. The summed E-state index contributed by atoms with van der Waals surface area (Å²) >= 11 is 0. The van der Waals surface area contributed by atoms with Crippen LogP contribution in [-0.2, 0) is 6.54 Å². The first-order valence-corrected chi connectivity index (χ1v) is 9.49. The number of pyridine rings is 2. The van der Waals surface area contributed by atoms with Gasteiger partial charge in [-0.2, -0.15) is 0 Å². The minimum Gasteiger partial charge on any atom is -0.356 e. The molecular formula is C21H20N6O. The van der Waals surface area contributed by atoms with Crippen molar-refractivity contribution in [3.05, 3.63) is 66.4 Å². The monoisotopic (exact) mass is 372 g/mol. The normalized spacial score (nSPS) is 14.1. The molecule has 4 aromatic rings. The molecule has 0 unspecified atom stereocenters. The summed E-state index contributed by atoms with van der Waals surface area (Å²) in [7, 11) is 0. The number of carbonyl (C=O) groups excluding carboxylic acids is 1. The summed E-state index contributed by atoms with van der Waals surface area (Å²) in [5.74, 6) is 0.718. The first-order valence-electron chi connectivity index (χ1n) is 9.49. The van der Waals surface area contributed by atoms with Gasteiger partial charge in [0, 0.05) is 38.2 Å². The summed E-state index contributed by atoms with van der Waals surface area (Å²) in [6.07, 6.45) is 9.29. The lowest BCUT2D eigenvalue weighted by molar-refractivity contribution is 0.0954. The zero-order valence-electron chi connectivity index (χ0n) is 15.4. The van der Waals surface area contributed by atoms with E-state index in [1.54, 1.807) is 18.7 Å². The van der Waals surface area contributed by atoms with Crippen molar-refractivity contribution in [1.82, 2.24) is 24.7 Å². The Kier molecular flexibility index (Phi) is 4.12. The maximum absolute atomic E-state index is 13.3. The summed E-state index contributed by atoms with van der Waals surface area (Å²) in [5, 5.41) is 3.86. The Morgan fingerprint density at radius 3 is 2.82 bits per heavy atom. The van der Waals surface area contributed by atoms with Crippen LogP contribution in [-0.4, -0.2) is 38.3 Å². The number of hydrogen-bond acceptors (Lipinski definition) is 5. The second-order valence-electron chi connectivity index (χ2n) is 6.96. The third-order valence-electron chi connectivity index (χ3n) is 5.21. The summed E-state index contributed by atoms with van der Waals surface area (Å²) < 4.78 is 1.97. The Labute approximate surface area is 162 Å². The molecule has 140 valence electrons. The number of anilines is 1. The second-order valence-corrected chi connectivity index (χ2v) is 6.96. The van der Waals surface area contributed by atoms with Gasteiger partial charge in [0.05, 0.1) is 16.5 Å². The van der Waals surface area contributed by atoms with E-state index in [9.17, 15) is 4.79 Å². The lowest BCUT2D eigenvalue weighted by atomic mass is 10.1. The number of hydrogen-bond donors (Lipinski definition) is 1. The van der Waals surface area contributed by atoms with Gasteiger partial charge in [0.25, 0.3) is 5.91 Å². The van der Waals surface area contributed by atoms with E-state index in [0.717, 1.165) is 53.9 Å². The lowest BCUT2D eigenvalue weighted by Gasteiger charge is -2.17. The van der Waals surface area contributed by atoms with Crippen molar-refractivity contribution in [2.24, 2.45) is 0 Å². The smallest absolute Gasteiger partial charge is 0.254 e. The molecule has 0 atom stereocenters. The zero-order chi connectivity index (χ0) is 18.9. The van der Waals surface area contributed by atoms with Crippen molar-refractivity contribution in [1.29, 1.82) is 0 Å². The van der Waals surface area contributed by atoms with Crippen LogP contribution in [0.3, 0.4) is 0 Å². The Balaban J connectivity index is 1.64. The van der Waals surface area contributed by atoms with Gasteiger partial charge in [0.2, 0.25) is 0 Å². The summed E-state index contributed by atoms with van der Waals surface area (Å²) in [4.78, 5) is 28.7. The van der Waals surface area contributed by atoms with E-state index in [1.807, 2.05) is 40.9 Å². The van der Waals surface area contributed by atoms with E-state index >= 15 is 0 Å². The van der Waals surface area contributed by atoms with Crippen molar-refractivity contribution in [3.63, 3.8) is 0 Å². The third-order valence-corrected chi connectivity index (χ3v) is 5.21. The van der Waals surface area contributed by atoms with Gasteiger partial charge in [-0.15, -0.1) is 0 Å². The molecule has 0 aromatic carbocycles. The molecule has 1 fully saturated rings. The first-order chi connectivity index (χ1) is 13.8. The summed E-state index contributed by atoms with van der Waals surface area (Å²) in [5.41, 5.74) is 3.18. The molecule has 0 radical (unpaired) electrons. The maximum atomic E-state index is 13.3. The number of rotatable bonds is 4. The van der Waals surface area contributed by atoms with Crippen LogP contribution < -0.4 is 10.2 Å². The first kappa shape index (κ1) is 16.7. The van der Waals surface area contributed by atoms with Crippen LogP contribution in [0.4, 0.5) is 5.82 Å². The van der Waals surface area contributed by atoms with E-state index in [1.165, 1.54) is 0 Å². The van der Waals surface area contributed by atoms with Gasteiger partial charge in [-0.1, -0.05) is 12.1 Å².